The second-order valence-electron chi connectivity index (χ2n) is 9.63. The van der Waals surface area contributed by atoms with Crippen LogP contribution in [0.15, 0.2) is 72.8 Å². The third-order valence-electron chi connectivity index (χ3n) is 6.45. The van der Waals surface area contributed by atoms with E-state index in [9.17, 15) is 18.0 Å². The highest BCUT2D eigenvalue weighted by Gasteiger charge is 2.30. The van der Waals surface area contributed by atoms with Gasteiger partial charge in [-0.1, -0.05) is 77.3 Å². The lowest BCUT2D eigenvalue weighted by Gasteiger charge is -2.32. The van der Waals surface area contributed by atoms with Crippen LogP contribution in [0.4, 0.5) is 5.69 Å². The number of nitrogens with one attached hydrogen (secondary N) is 1. The number of sulfonamides is 1. The van der Waals surface area contributed by atoms with Crippen molar-refractivity contribution in [3.63, 3.8) is 0 Å². The zero-order valence-electron chi connectivity index (χ0n) is 22.9. The Morgan fingerprint density at radius 1 is 0.975 bits per heavy atom. The van der Waals surface area contributed by atoms with Crippen molar-refractivity contribution >= 4 is 50.7 Å². The smallest absolute Gasteiger partial charge is 0.243 e. The van der Waals surface area contributed by atoms with Crippen molar-refractivity contribution in [1.82, 2.24) is 10.2 Å². The van der Waals surface area contributed by atoms with Gasteiger partial charge >= 0.3 is 0 Å². The molecule has 1 atom stereocenters. The van der Waals surface area contributed by atoms with Gasteiger partial charge in [0.25, 0.3) is 0 Å². The third-order valence-corrected chi connectivity index (χ3v) is 8.23. The molecule has 0 aliphatic heterocycles. The number of carbonyl (C=O) groups excluding carboxylic acids is 2. The first kappa shape index (κ1) is 31.5. The molecule has 0 aliphatic carbocycles. The van der Waals surface area contributed by atoms with Gasteiger partial charge in [-0.25, -0.2) is 8.42 Å². The summed E-state index contributed by atoms with van der Waals surface area (Å²) in [5.41, 5.74) is 3.11. The predicted octanol–water partition coefficient (Wildman–Crippen LogP) is 5.62. The Bertz CT molecular complexity index is 1400. The molecule has 1 unspecified atom stereocenters. The lowest BCUT2D eigenvalue weighted by molar-refractivity contribution is -0.141. The molecule has 3 rings (SSSR count). The molecule has 40 heavy (non-hydrogen) atoms. The van der Waals surface area contributed by atoms with Crippen LogP contribution in [0, 0.1) is 6.92 Å². The lowest BCUT2D eigenvalue weighted by atomic mass is 10.0. The Labute approximate surface area is 247 Å². The van der Waals surface area contributed by atoms with Crippen LogP contribution in [-0.4, -0.2) is 50.5 Å². The first-order chi connectivity index (χ1) is 19.0. The van der Waals surface area contributed by atoms with Crippen LogP contribution in [0.3, 0.4) is 0 Å². The maximum atomic E-state index is 13.8. The Morgan fingerprint density at radius 2 is 1.65 bits per heavy atom. The zero-order valence-corrected chi connectivity index (χ0v) is 25.3. The van der Waals surface area contributed by atoms with E-state index in [1.165, 1.54) is 9.21 Å². The van der Waals surface area contributed by atoms with E-state index in [0.717, 1.165) is 17.4 Å². The van der Waals surface area contributed by atoms with Crippen molar-refractivity contribution in [3.05, 3.63) is 99.5 Å². The fraction of sp³-hybridized carbons (Fsp3) is 0.333. The summed E-state index contributed by atoms with van der Waals surface area (Å²) < 4.78 is 26.4. The molecule has 3 aromatic carbocycles. The second-order valence-corrected chi connectivity index (χ2v) is 12.4. The molecule has 0 saturated heterocycles. The number of benzene rings is 3. The SMILES string of the molecule is CCNC(=O)C(Cc1ccccc1)N(Cc1ccc(Cl)cc1Cl)C(=O)CCCN(c1ccc(C)cc1)S(C)(=O)=O. The number of aryl methyl sites for hydroxylation is 1. The first-order valence-electron chi connectivity index (χ1n) is 13.1. The summed E-state index contributed by atoms with van der Waals surface area (Å²) >= 11 is 12.6. The molecule has 3 aromatic rings. The van der Waals surface area contributed by atoms with Crippen molar-refractivity contribution in [2.45, 2.75) is 45.7 Å². The standard InChI is InChI=1S/C30H35Cl2N3O4S/c1-4-33-30(37)28(19-23-9-6-5-7-10-23)34(21-24-14-15-25(31)20-27(24)32)29(36)11-8-18-35(40(3,38)39)26-16-12-22(2)13-17-26/h5-7,9-10,12-17,20,28H,4,8,11,18-19,21H2,1-3H3,(H,33,37). The molecule has 10 heteroatoms. The van der Waals surface area contributed by atoms with Crippen molar-refractivity contribution in [2.24, 2.45) is 0 Å². The second kappa shape index (κ2) is 14.5. The maximum absolute atomic E-state index is 13.8. The summed E-state index contributed by atoms with van der Waals surface area (Å²) in [6.45, 7) is 4.37. The van der Waals surface area contributed by atoms with Crippen LogP contribution < -0.4 is 9.62 Å². The van der Waals surface area contributed by atoms with E-state index in [2.05, 4.69) is 5.32 Å². The van der Waals surface area contributed by atoms with Crippen molar-refractivity contribution in [2.75, 3.05) is 23.7 Å². The van der Waals surface area contributed by atoms with Gasteiger partial charge in [-0.05, 0) is 55.7 Å². The lowest BCUT2D eigenvalue weighted by Crippen LogP contribution is -2.50. The molecular formula is C30H35Cl2N3O4S. The van der Waals surface area contributed by atoms with Crippen LogP contribution in [0.1, 0.15) is 36.5 Å². The van der Waals surface area contributed by atoms with Gasteiger partial charge in [-0.2, -0.15) is 0 Å². The summed E-state index contributed by atoms with van der Waals surface area (Å²) in [4.78, 5) is 28.6. The summed E-state index contributed by atoms with van der Waals surface area (Å²) in [7, 11) is -3.57. The predicted molar refractivity (Wildman–Crippen MR) is 162 cm³/mol. The Balaban J connectivity index is 1.88. The van der Waals surface area contributed by atoms with E-state index in [0.29, 0.717) is 34.3 Å². The molecule has 2 amide bonds. The van der Waals surface area contributed by atoms with Crippen LogP contribution in [0.25, 0.3) is 0 Å². The van der Waals surface area contributed by atoms with Gasteiger partial charge in [-0.15, -0.1) is 0 Å². The molecule has 1 N–H and O–H groups in total. The van der Waals surface area contributed by atoms with Crippen molar-refractivity contribution in [3.8, 4) is 0 Å². The number of hydrogen-bond acceptors (Lipinski definition) is 4. The number of rotatable bonds is 13. The summed E-state index contributed by atoms with van der Waals surface area (Å²) in [5.74, 6) is -0.558. The van der Waals surface area contributed by atoms with Crippen molar-refractivity contribution < 1.29 is 18.0 Å². The van der Waals surface area contributed by atoms with E-state index in [4.69, 9.17) is 23.2 Å². The van der Waals surface area contributed by atoms with Gasteiger partial charge in [0.1, 0.15) is 6.04 Å². The minimum absolute atomic E-state index is 0.0355. The van der Waals surface area contributed by atoms with E-state index >= 15 is 0 Å². The topological polar surface area (TPSA) is 86.8 Å². The Morgan fingerprint density at radius 3 is 2.25 bits per heavy atom. The van der Waals surface area contributed by atoms with E-state index in [1.54, 1.807) is 30.3 Å². The third kappa shape index (κ3) is 8.98. The molecule has 214 valence electrons. The quantitative estimate of drug-likeness (QED) is 0.274. The zero-order chi connectivity index (χ0) is 29.3. The van der Waals surface area contributed by atoms with Gasteiger partial charge in [0.2, 0.25) is 21.8 Å². The van der Waals surface area contributed by atoms with Gasteiger partial charge in [0, 0.05) is 42.5 Å². The number of hydrogen-bond donors (Lipinski definition) is 1. The molecule has 0 fully saturated rings. The van der Waals surface area contributed by atoms with Crippen LogP contribution in [0.5, 0.6) is 0 Å². The van der Waals surface area contributed by atoms with Gasteiger partial charge in [0.05, 0.1) is 11.9 Å². The molecule has 0 heterocycles. The van der Waals surface area contributed by atoms with Gasteiger partial charge < -0.3 is 10.2 Å². The average molecular weight is 605 g/mol. The number of likely N-dealkylation sites (N-methyl/N-ethyl adjacent to an activating group) is 1. The highest BCUT2D eigenvalue weighted by molar-refractivity contribution is 7.92. The molecule has 0 saturated carbocycles. The maximum Gasteiger partial charge on any atom is 0.243 e. The summed E-state index contributed by atoms with van der Waals surface area (Å²) in [5, 5.41) is 3.71. The molecular weight excluding hydrogens is 569 g/mol. The van der Waals surface area contributed by atoms with Gasteiger partial charge in [-0.3, -0.25) is 13.9 Å². The Kier molecular flexibility index (Phi) is 11.4. The summed E-state index contributed by atoms with van der Waals surface area (Å²) in [6, 6.07) is 20.9. The van der Waals surface area contributed by atoms with E-state index in [1.807, 2.05) is 56.3 Å². The molecule has 0 bridgehead atoms. The summed E-state index contributed by atoms with van der Waals surface area (Å²) in [6.07, 6.45) is 1.75. The minimum Gasteiger partial charge on any atom is -0.355 e. The fourth-order valence-corrected chi connectivity index (χ4v) is 5.83. The normalized spacial score (nSPS) is 12.0. The van der Waals surface area contributed by atoms with Crippen LogP contribution in [-0.2, 0) is 32.6 Å². The molecule has 0 spiro atoms. The number of amides is 2. The minimum atomic E-state index is -3.57. The molecule has 0 radical (unpaired) electrons. The highest BCUT2D eigenvalue weighted by Crippen LogP contribution is 2.25. The highest BCUT2D eigenvalue weighted by atomic mass is 35.5. The number of halogens is 2. The Hall–Kier alpha value is -3.07. The number of nitrogens with zero attached hydrogens (tertiary/aromatic N) is 2. The molecule has 0 aromatic heterocycles. The number of carbonyl (C=O) groups is 2. The first-order valence-corrected chi connectivity index (χ1v) is 15.7. The van der Waals surface area contributed by atoms with E-state index in [-0.39, 0.29) is 37.7 Å². The average Bonchev–Trinajstić information content (AvgIpc) is 2.90. The van der Waals surface area contributed by atoms with Crippen LogP contribution >= 0.6 is 23.2 Å². The molecule has 7 nitrogen and oxygen atoms in total. The van der Waals surface area contributed by atoms with E-state index < -0.39 is 16.1 Å². The van der Waals surface area contributed by atoms with Crippen molar-refractivity contribution in [1.29, 1.82) is 0 Å². The van der Waals surface area contributed by atoms with Gasteiger partial charge in [0.15, 0.2) is 0 Å². The monoisotopic (exact) mass is 603 g/mol. The largest absolute Gasteiger partial charge is 0.355 e. The number of anilines is 1. The van der Waals surface area contributed by atoms with Crippen LogP contribution in [0.2, 0.25) is 10.0 Å². The molecule has 0 aliphatic rings. The fourth-order valence-electron chi connectivity index (χ4n) is 4.39.